The van der Waals surface area contributed by atoms with Crippen LogP contribution in [0.25, 0.3) is 0 Å². The van der Waals surface area contributed by atoms with E-state index in [9.17, 15) is 14.0 Å². The number of aryl methyl sites for hydroxylation is 2. The summed E-state index contributed by atoms with van der Waals surface area (Å²) in [6.45, 7) is 5.38. The molecule has 7 nitrogen and oxygen atoms in total. The van der Waals surface area contributed by atoms with Gasteiger partial charge in [-0.05, 0) is 55.7 Å². The predicted molar refractivity (Wildman–Crippen MR) is 119 cm³/mol. The van der Waals surface area contributed by atoms with Crippen molar-refractivity contribution in [1.29, 1.82) is 0 Å². The van der Waals surface area contributed by atoms with E-state index < -0.39 is 0 Å². The highest BCUT2D eigenvalue weighted by atomic mass is 19.1. The normalized spacial score (nSPS) is 13.8. The van der Waals surface area contributed by atoms with Crippen molar-refractivity contribution >= 4 is 17.6 Å². The minimum atomic E-state index is -0.303. The molecule has 3 aromatic rings. The van der Waals surface area contributed by atoms with Gasteiger partial charge in [-0.3, -0.25) is 14.4 Å². The number of pyridine rings is 1. The molecule has 1 aliphatic heterocycles. The lowest BCUT2D eigenvalue weighted by atomic mass is 10.0. The minimum Gasteiger partial charge on any atom is -0.318 e. The number of anilines is 1. The number of ketones is 1. The van der Waals surface area contributed by atoms with Gasteiger partial charge in [0.15, 0.2) is 5.78 Å². The zero-order valence-electron chi connectivity index (χ0n) is 18.5. The molecule has 0 spiro atoms. The maximum atomic E-state index is 13.1. The Kier molecular flexibility index (Phi) is 6.03. The number of benzene rings is 1. The summed E-state index contributed by atoms with van der Waals surface area (Å²) in [5, 5.41) is 4.41. The third-order valence-corrected chi connectivity index (χ3v) is 5.99. The second-order valence-electron chi connectivity index (χ2n) is 8.08. The van der Waals surface area contributed by atoms with Gasteiger partial charge in [-0.2, -0.15) is 5.10 Å². The summed E-state index contributed by atoms with van der Waals surface area (Å²) in [4.78, 5) is 33.3. The van der Waals surface area contributed by atoms with Crippen molar-refractivity contribution in [2.45, 2.75) is 33.2 Å². The number of amides is 2. The molecule has 1 saturated heterocycles. The molecule has 0 radical (unpaired) electrons. The number of carbonyl (C=O) groups excluding carboxylic acids is 2. The van der Waals surface area contributed by atoms with Crippen LogP contribution in [0, 0.1) is 19.7 Å². The highest BCUT2D eigenvalue weighted by Gasteiger charge is 2.30. The summed E-state index contributed by atoms with van der Waals surface area (Å²) < 4.78 is 15.0. The van der Waals surface area contributed by atoms with Gasteiger partial charge in [0.2, 0.25) is 0 Å². The van der Waals surface area contributed by atoms with Gasteiger partial charge in [0.05, 0.1) is 5.69 Å². The molecule has 0 bridgehead atoms. The van der Waals surface area contributed by atoms with Gasteiger partial charge in [-0.25, -0.2) is 14.2 Å². The van der Waals surface area contributed by atoms with Crippen molar-refractivity contribution in [3.63, 3.8) is 0 Å². The number of hydrogen-bond donors (Lipinski definition) is 0. The van der Waals surface area contributed by atoms with Crippen LogP contribution in [0.4, 0.5) is 15.0 Å². The average Bonchev–Trinajstić information content (AvgIpc) is 3.26. The zero-order chi connectivity index (χ0) is 22.8. The van der Waals surface area contributed by atoms with E-state index in [-0.39, 0.29) is 17.6 Å². The molecule has 0 unspecified atom stereocenters. The van der Waals surface area contributed by atoms with E-state index in [1.54, 1.807) is 40.3 Å². The van der Waals surface area contributed by atoms with Crippen LogP contribution in [-0.4, -0.2) is 44.6 Å². The fourth-order valence-corrected chi connectivity index (χ4v) is 4.05. The number of aromatic nitrogens is 3. The van der Waals surface area contributed by atoms with Gasteiger partial charge in [-0.15, -0.1) is 0 Å². The Bertz CT molecular complexity index is 1160. The third kappa shape index (κ3) is 4.39. The molecule has 0 N–H and O–H groups in total. The van der Waals surface area contributed by atoms with Crippen LogP contribution in [-0.2, 0) is 20.0 Å². The summed E-state index contributed by atoms with van der Waals surface area (Å²) >= 11 is 0. The second-order valence-corrected chi connectivity index (χ2v) is 8.08. The van der Waals surface area contributed by atoms with Crippen molar-refractivity contribution in [3.05, 3.63) is 76.5 Å². The Labute approximate surface area is 186 Å². The topological polar surface area (TPSA) is 71.3 Å². The molecule has 1 aliphatic rings. The first kappa shape index (κ1) is 21.7. The molecule has 166 valence electrons. The average molecular weight is 436 g/mol. The van der Waals surface area contributed by atoms with Crippen LogP contribution < -0.4 is 4.90 Å². The lowest BCUT2D eigenvalue weighted by Crippen LogP contribution is -2.32. The molecule has 3 heterocycles. The molecule has 0 aliphatic carbocycles. The first-order chi connectivity index (χ1) is 15.3. The number of Topliss-reactive ketones (excluding diaryl/α,β-unsaturated/α-hetero) is 1. The smallest absolute Gasteiger partial charge is 0.318 e. The largest absolute Gasteiger partial charge is 0.326 e. The number of halogens is 1. The number of urea groups is 1. The quantitative estimate of drug-likeness (QED) is 0.529. The van der Waals surface area contributed by atoms with Crippen LogP contribution in [0.1, 0.15) is 39.3 Å². The maximum absolute atomic E-state index is 13.1. The van der Waals surface area contributed by atoms with Crippen molar-refractivity contribution in [2.75, 3.05) is 18.0 Å². The van der Waals surface area contributed by atoms with Crippen LogP contribution in [0.5, 0.6) is 0 Å². The maximum Gasteiger partial charge on any atom is 0.326 e. The summed E-state index contributed by atoms with van der Waals surface area (Å²) in [5.41, 5.74) is 4.51. The molecule has 32 heavy (non-hydrogen) atoms. The Morgan fingerprint density at radius 2 is 1.88 bits per heavy atom. The Morgan fingerprint density at radius 1 is 1.12 bits per heavy atom. The monoisotopic (exact) mass is 435 g/mol. The molecule has 2 amide bonds. The standard InChI is InChI=1S/C24H26FN5O2/c1-16-21(17(2)28(3)27-16)8-9-22(31)19-10-11-26-23(14-19)30-13-12-29(24(30)32)15-18-4-6-20(25)7-5-18/h4-7,10-11,14H,8-9,12-13,15H2,1-3H3. The molecule has 1 aromatic carbocycles. The lowest BCUT2D eigenvalue weighted by Gasteiger charge is -2.18. The van der Waals surface area contributed by atoms with E-state index in [1.807, 2.05) is 25.6 Å². The van der Waals surface area contributed by atoms with Crippen molar-refractivity contribution < 1.29 is 14.0 Å². The SMILES string of the molecule is Cc1nn(C)c(C)c1CCC(=O)c1ccnc(N2CCN(Cc3ccc(F)cc3)C2=O)c1. The van der Waals surface area contributed by atoms with Gasteiger partial charge in [0.1, 0.15) is 11.6 Å². The molecule has 1 fully saturated rings. The summed E-state index contributed by atoms with van der Waals surface area (Å²) in [7, 11) is 1.90. The van der Waals surface area contributed by atoms with Gasteiger partial charge in [0, 0.05) is 50.6 Å². The Morgan fingerprint density at radius 3 is 2.56 bits per heavy atom. The molecular formula is C24H26FN5O2. The lowest BCUT2D eigenvalue weighted by molar-refractivity contribution is 0.0982. The van der Waals surface area contributed by atoms with E-state index in [2.05, 4.69) is 10.1 Å². The van der Waals surface area contributed by atoms with Gasteiger partial charge < -0.3 is 4.90 Å². The Balaban J connectivity index is 1.42. The van der Waals surface area contributed by atoms with Crippen molar-refractivity contribution in [1.82, 2.24) is 19.7 Å². The molecule has 0 saturated carbocycles. The molecule has 0 atom stereocenters. The highest BCUT2D eigenvalue weighted by molar-refractivity contribution is 5.98. The molecular weight excluding hydrogens is 409 g/mol. The first-order valence-corrected chi connectivity index (χ1v) is 10.6. The van der Waals surface area contributed by atoms with E-state index in [0.717, 1.165) is 22.5 Å². The fourth-order valence-electron chi connectivity index (χ4n) is 4.05. The zero-order valence-corrected chi connectivity index (χ0v) is 18.5. The number of nitrogens with zero attached hydrogens (tertiary/aromatic N) is 5. The fraction of sp³-hybridized carbons (Fsp3) is 0.333. The van der Waals surface area contributed by atoms with Crippen LogP contribution in [0.2, 0.25) is 0 Å². The van der Waals surface area contributed by atoms with Gasteiger partial charge >= 0.3 is 6.03 Å². The molecule has 8 heteroatoms. The summed E-state index contributed by atoms with van der Waals surface area (Å²) in [6.07, 6.45) is 2.55. The van der Waals surface area contributed by atoms with Crippen LogP contribution >= 0.6 is 0 Å². The number of rotatable bonds is 7. The van der Waals surface area contributed by atoms with Crippen molar-refractivity contribution in [2.24, 2.45) is 7.05 Å². The first-order valence-electron chi connectivity index (χ1n) is 10.6. The summed E-state index contributed by atoms with van der Waals surface area (Å²) in [6, 6.07) is 9.32. The highest BCUT2D eigenvalue weighted by Crippen LogP contribution is 2.22. The van der Waals surface area contributed by atoms with E-state index >= 15 is 0 Å². The van der Waals surface area contributed by atoms with E-state index in [0.29, 0.717) is 43.9 Å². The number of carbonyl (C=O) groups is 2. The van der Waals surface area contributed by atoms with Gasteiger partial charge in [-0.1, -0.05) is 12.1 Å². The van der Waals surface area contributed by atoms with Crippen LogP contribution in [0.3, 0.4) is 0 Å². The molecule has 4 rings (SSSR count). The van der Waals surface area contributed by atoms with Gasteiger partial charge in [0.25, 0.3) is 0 Å². The third-order valence-electron chi connectivity index (χ3n) is 5.99. The Hall–Kier alpha value is -3.55. The van der Waals surface area contributed by atoms with E-state index in [4.69, 9.17) is 0 Å². The van der Waals surface area contributed by atoms with E-state index in [1.165, 1.54) is 12.1 Å². The second kappa shape index (κ2) is 8.90. The summed E-state index contributed by atoms with van der Waals surface area (Å²) in [5.74, 6) is 0.171. The predicted octanol–water partition coefficient (Wildman–Crippen LogP) is 3.83. The van der Waals surface area contributed by atoms with Crippen molar-refractivity contribution in [3.8, 4) is 0 Å². The van der Waals surface area contributed by atoms with Crippen LogP contribution in [0.15, 0.2) is 42.6 Å². The number of hydrogen-bond acceptors (Lipinski definition) is 4. The molecule has 2 aromatic heterocycles. The minimum absolute atomic E-state index is 0.00566.